The molecule has 0 fully saturated rings. The Bertz CT molecular complexity index is 571. The van der Waals surface area contributed by atoms with Crippen molar-refractivity contribution in [3.8, 4) is 0 Å². The first-order chi connectivity index (χ1) is 9.71. The van der Waals surface area contributed by atoms with Gasteiger partial charge in [0.2, 0.25) is 5.95 Å². The summed E-state index contributed by atoms with van der Waals surface area (Å²) in [4.78, 5) is 11.1. The van der Waals surface area contributed by atoms with E-state index in [4.69, 9.17) is 10.6 Å². The van der Waals surface area contributed by atoms with Crippen LogP contribution < -0.4 is 16.6 Å². The number of fused-ring (bicyclic) bond motifs is 1. The van der Waals surface area contributed by atoms with E-state index in [0.717, 1.165) is 28.9 Å². The fraction of sp³-hybridized carbons (Fsp3) is 0.538. The van der Waals surface area contributed by atoms with E-state index in [-0.39, 0.29) is 6.04 Å². The third-order valence-corrected chi connectivity index (χ3v) is 4.30. The predicted octanol–water partition coefficient (Wildman–Crippen LogP) is 2.38. The largest absolute Gasteiger partial charge is 0.383 e. The highest BCUT2D eigenvalue weighted by molar-refractivity contribution is 7.18. The van der Waals surface area contributed by atoms with Gasteiger partial charge < -0.3 is 10.1 Å². The molecule has 0 saturated heterocycles. The highest BCUT2D eigenvalue weighted by atomic mass is 32.1. The van der Waals surface area contributed by atoms with E-state index in [1.165, 1.54) is 4.88 Å². The molecule has 0 aliphatic heterocycles. The summed E-state index contributed by atoms with van der Waals surface area (Å²) < 4.78 is 5.22. The molecule has 4 N–H and O–H groups in total. The van der Waals surface area contributed by atoms with Crippen molar-refractivity contribution >= 4 is 33.3 Å². The summed E-state index contributed by atoms with van der Waals surface area (Å²) in [6.07, 6.45) is 1.94. The monoisotopic (exact) mass is 295 g/mol. The molecule has 0 bridgehead atoms. The van der Waals surface area contributed by atoms with Crippen LogP contribution in [0.3, 0.4) is 0 Å². The van der Waals surface area contributed by atoms with Crippen molar-refractivity contribution in [2.75, 3.05) is 24.5 Å². The van der Waals surface area contributed by atoms with Crippen molar-refractivity contribution in [3.05, 3.63) is 10.9 Å². The van der Waals surface area contributed by atoms with Crippen LogP contribution in [0, 0.1) is 0 Å². The lowest BCUT2D eigenvalue weighted by molar-refractivity contribution is 0.184. The summed E-state index contributed by atoms with van der Waals surface area (Å²) in [6.45, 7) is 4.88. The van der Waals surface area contributed by atoms with Crippen LogP contribution in [-0.2, 0) is 11.2 Å². The Hall–Kier alpha value is -1.44. The number of nitrogens with zero attached hydrogens (tertiary/aromatic N) is 2. The molecule has 2 aromatic rings. The molecule has 2 heterocycles. The third-order valence-electron chi connectivity index (χ3n) is 3.12. The number of nitrogens with one attached hydrogen (secondary N) is 2. The lowest BCUT2D eigenvalue weighted by atomic mass is 10.2. The number of nitrogen functional groups attached to an aromatic ring is 1. The molecule has 2 rings (SSSR count). The first-order valence-electron chi connectivity index (χ1n) is 6.74. The number of methoxy groups -OCH3 is 1. The topological polar surface area (TPSA) is 85.1 Å². The molecular formula is C13H21N5OS. The second kappa shape index (κ2) is 6.83. The molecule has 1 atom stereocenters. The number of thiophene rings is 1. The molecule has 2 aromatic heterocycles. The normalized spacial score (nSPS) is 12.6. The van der Waals surface area contributed by atoms with E-state index >= 15 is 0 Å². The summed E-state index contributed by atoms with van der Waals surface area (Å²) in [5, 5.41) is 4.46. The van der Waals surface area contributed by atoms with Gasteiger partial charge in [0, 0.05) is 12.0 Å². The molecule has 110 valence electrons. The van der Waals surface area contributed by atoms with E-state index in [1.807, 2.05) is 0 Å². The van der Waals surface area contributed by atoms with Crippen LogP contribution >= 0.6 is 11.3 Å². The average Bonchev–Trinajstić information content (AvgIpc) is 2.89. The summed E-state index contributed by atoms with van der Waals surface area (Å²) in [6, 6.07) is 2.36. The molecule has 0 saturated carbocycles. The molecular weight excluding hydrogens is 274 g/mol. The lowest BCUT2D eigenvalue weighted by Crippen LogP contribution is -2.25. The van der Waals surface area contributed by atoms with Crippen LogP contribution in [0.5, 0.6) is 0 Å². The molecule has 7 heteroatoms. The Morgan fingerprint density at radius 1 is 1.40 bits per heavy atom. The number of anilines is 2. The lowest BCUT2D eigenvalue weighted by Gasteiger charge is -2.17. The number of aromatic nitrogens is 2. The van der Waals surface area contributed by atoms with Crippen LogP contribution in [0.4, 0.5) is 11.8 Å². The van der Waals surface area contributed by atoms with E-state index in [9.17, 15) is 0 Å². The summed E-state index contributed by atoms with van der Waals surface area (Å²) in [7, 11) is 1.70. The Morgan fingerprint density at radius 2 is 2.20 bits per heavy atom. The van der Waals surface area contributed by atoms with Gasteiger partial charge in [0.25, 0.3) is 0 Å². The minimum Gasteiger partial charge on any atom is -0.383 e. The molecule has 0 radical (unpaired) electrons. The summed E-state index contributed by atoms with van der Waals surface area (Å²) in [5.74, 6) is 6.68. The van der Waals surface area contributed by atoms with E-state index < -0.39 is 0 Å². The molecule has 0 aromatic carbocycles. The predicted molar refractivity (Wildman–Crippen MR) is 84.2 cm³/mol. The highest BCUT2D eigenvalue weighted by Gasteiger charge is 2.14. The van der Waals surface area contributed by atoms with Gasteiger partial charge in [0.1, 0.15) is 10.6 Å². The third kappa shape index (κ3) is 3.17. The van der Waals surface area contributed by atoms with E-state index in [0.29, 0.717) is 12.6 Å². The van der Waals surface area contributed by atoms with Gasteiger partial charge in [0.05, 0.1) is 18.0 Å². The van der Waals surface area contributed by atoms with Gasteiger partial charge in [-0.3, -0.25) is 5.43 Å². The van der Waals surface area contributed by atoms with Crippen LogP contribution in [0.1, 0.15) is 25.1 Å². The van der Waals surface area contributed by atoms with E-state index in [1.54, 1.807) is 18.4 Å². The van der Waals surface area contributed by atoms with Crippen molar-refractivity contribution in [1.29, 1.82) is 0 Å². The molecule has 0 amide bonds. The molecule has 0 aliphatic rings. The fourth-order valence-electron chi connectivity index (χ4n) is 1.98. The van der Waals surface area contributed by atoms with Crippen LogP contribution in [0.2, 0.25) is 0 Å². The first-order valence-corrected chi connectivity index (χ1v) is 7.56. The Kier molecular flexibility index (Phi) is 5.11. The summed E-state index contributed by atoms with van der Waals surface area (Å²) >= 11 is 1.67. The minimum atomic E-state index is 0.216. The van der Waals surface area contributed by atoms with Crippen molar-refractivity contribution in [3.63, 3.8) is 0 Å². The number of nitrogens with two attached hydrogens (primary N) is 1. The van der Waals surface area contributed by atoms with Gasteiger partial charge >= 0.3 is 0 Å². The first kappa shape index (κ1) is 15.0. The zero-order valence-corrected chi connectivity index (χ0v) is 12.9. The van der Waals surface area contributed by atoms with Gasteiger partial charge in [-0.25, -0.2) is 10.8 Å². The highest BCUT2D eigenvalue weighted by Crippen LogP contribution is 2.30. The van der Waals surface area contributed by atoms with Crippen LogP contribution in [0.25, 0.3) is 10.2 Å². The zero-order chi connectivity index (χ0) is 14.5. The minimum absolute atomic E-state index is 0.216. The maximum atomic E-state index is 5.45. The number of hydrazine groups is 1. The van der Waals surface area contributed by atoms with Gasteiger partial charge in [-0.2, -0.15) is 4.98 Å². The molecule has 20 heavy (non-hydrogen) atoms. The maximum absolute atomic E-state index is 5.45. The van der Waals surface area contributed by atoms with Gasteiger partial charge in [-0.15, -0.1) is 11.3 Å². The van der Waals surface area contributed by atoms with Crippen LogP contribution in [-0.4, -0.2) is 29.7 Å². The second-order valence-electron chi connectivity index (χ2n) is 4.53. The second-order valence-corrected chi connectivity index (χ2v) is 5.65. The van der Waals surface area contributed by atoms with Gasteiger partial charge in [-0.05, 0) is 18.9 Å². The van der Waals surface area contributed by atoms with Crippen LogP contribution in [0.15, 0.2) is 6.07 Å². The average molecular weight is 295 g/mol. The van der Waals surface area contributed by atoms with Crippen molar-refractivity contribution < 1.29 is 4.74 Å². The van der Waals surface area contributed by atoms with E-state index in [2.05, 4.69) is 40.6 Å². The fourth-order valence-corrected chi connectivity index (χ4v) is 2.94. The molecule has 0 aliphatic carbocycles. The molecule has 0 spiro atoms. The number of ether oxygens (including phenoxy) is 1. The maximum Gasteiger partial charge on any atom is 0.240 e. The Morgan fingerprint density at radius 3 is 2.80 bits per heavy atom. The quantitative estimate of drug-likeness (QED) is 0.537. The molecule has 1 unspecified atom stereocenters. The SMILES string of the molecule is CCc1cc2c(NC(CC)COC)nc(NN)nc2s1. The number of aryl methyl sites for hydroxylation is 1. The van der Waals surface area contributed by atoms with Gasteiger partial charge in [0.15, 0.2) is 0 Å². The van der Waals surface area contributed by atoms with Crippen molar-refractivity contribution in [1.82, 2.24) is 9.97 Å². The molecule has 6 nitrogen and oxygen atoms in total. The Balaban J connectivity index is 2.40. The van der Waals surface area contributed by atoms with Crippen molar-refractivity contribution in [2.45, 2.75) is 32.7 Å². The van der Waals surface area contributed by atoms with Crippen molar-refractivity contribution in [2.24, 2.45) is 5.84 Å². The Labute approximate surface area is 122 Å². The smallest absolute Gasteiger partial charge is 0.240 e. The number of hydrogen-bond acceptors (Lipinski definition) is 7. The zero-order valence-electron chi connectivity index (χ0n) is 12.1. The number of hydrogen-bond donors (Lipinski definition) is 3. The van der Waals surface area contributed by atoms with Gasteiger partial charge in [-0.1, -0.05) is 13.8 Å². The number of rotatable bonds is 7. The summed E-state index contributed by atoms with van der Waals surface area (Å²) in [5.41, 5.74) is 2.52. The standard InChI is InChI=1S/C13H21N5OS/c1-4-8(7-19-3)15-11-10-6-9(5-2)20-12(10)17-13(16-11)18-14/h6,8H,4-5,7,14H2,1-3H3,(H2,15,16,17,18).